The Hall–Kier alpha value is -2.20. The lowest BCUT2D eigenvalue weighted by atomic mass is 9.95. The van der Waals surface area contributed by atoms with Gasteiger partial charge in [0.25, 0.3) is 0 Å². The summed E-state index contributed by atoms with van der Waals surface area (Å²) in [7, 11) is 2.83. The monoisotopic (exact) mass is 375 g/mol. The van der Waals surface area contributed by atoms with Gasteiger partial charge in [-0.05, 0) is 0 Å². The van der Waals surface area contributed by atoms with Crippen LogP contribution in [0.1, 0.15) is 27.7 Å². The summed E-state index contributed by atoms with van der Waals surface area (Å²) in [6, 6.07) is -0.876. The number of carbonyl (C=O) groups excluding carboxylic acids is 4. The summed E-state index contributed by atoms with van der Waals surface area (Å²) in [6.07, 6.45) is -4.13. The number of rotatable bonds is 6. The van der Waals surface area contributed by atoms with Crippen molar-refractivity contribution >= 4 is 23.8 Å². The Morgan fingerprint density at radius 1 is 0.923 bits per heavy atom. The molecular formula is C16H25NO9. The Kier molecular flexibility index (Phi) is 7.97. The Balaban J connectivity index is 3.29. The molecule has 0 N–H and O–H groups in total. The predicted molar refractivity (Wildman–Crippen MR) is 85.6 cm³/mol. The summed E-state index contributed by atoms with van der Waals surface area (Å²) in [4.78, 5) is 47.4. The van der Waals surface area contributed by atoms with E-state index in [1.165, 1.54) is 46.8 Å². The molecule has 5 unspecified atom stereocenters. The molecule has 1 rings (SSSR count). The van der Waals surface area contributed by atoms with Gasteiger partial charge in [-0.25, -0.2) is 0 Å². The summed E-state index contributed by atoms with van der Waals surface area (Å²) in [5.41, 5.74) is 0. The molecule has 1 saturated heterocycles. The van der Waals surface area contributed by atoms with Crippen LogP contribution in [-0.4, -0.2) is 80.1 Å². The third kappa shape index (κ3) is 5.67. The van der Waals surface area contributed by atoms with Gasteiger partial charge in [0.2, 0.25) is 5.91 Å². The van der Waals surface area contributed by atoms with Crippen molar-refractivity contribution in [3.05, 3.63) is 0 Å². The largest absolute Gasteiger partial charge is 0.463 e. The van der Waals surface area contributed by atoms with Crippen molar-refractivity contribution in [3.63, 3.8) is 0 Å². The van der Waals surface area contributed by atoms with Crippen LogP contribution in [0.3, 0.4) is 0 Å². The Morgan fingerprint density at radius 3 is 1.88 bits per heavy atom. The second kappa shape index (κ2) is 9.48. The lowest BCUT2D eigenvalue weighted by Gasteiger charge is -2.47. The second-order valence-corrected chi connectivity index (χ2v) is 5.85. The van der Waals surface area contributed by atoms with E-state index in [9.17, 15) is 19.2 Å². The molecule has 0 aromatic heterocycles. The van der Waals surface area contributed by atoms with Crippen LogP contribution in [0.2, 0.25) is 0 Å². The highest BCUT2D eigenvalue weighted by molar-refractivity contribution is 5.73. The zero-order valence-corrected chi connectivity index (χ0v) is 15.7. The summed E-state index contributed by atoms with van der Waals surface area (Å²) >= 11 is 0. The quantitative estimate of drug-likeness (QED) is 0.452. The van der Waals surface area contributed by atoms with Crippen LogP contribution in [0.4, 0.5) is 0 Å². The topological polar surface area (TPSA) is 118 Å². The predicted octanol–water partition coefficient (Wildman–Crippen LogP) is -0.369. The summed E-state index contributed by atoms with van der Waals surface area (Å²) < 4.78 is 26.6. The maximum absolute atomic E-state index is 11.9. The number of ether oxygens (including phenoxy) is 5. The van der Waals surface area contributed by atoms with Gasteiger partial charge in [-0.15, -0.1) is 0 Å². The van der Waals surface area contributed by atoms with Gasteiger partial charge in [-0.3, -0.25) is 19.2 Å². The summed E-state index contributed by atoms with van der Waals surface area (Å²) in [5.74, 6) is -2.19. The number of hydrogen-bond donors (Lipinski definition) is 0. The van der Waals surface area contributed by atoms with E-state index >= 15 is 0 Å². The van der Waals surface area contributed by atoms with Crippen molar-refractivity contribution in [2.45, 2.75) is 58.3 Å². The minimum Gasteiger partial charge on any atom is -0.463 e. The third-order valence-electron chi connectivity index (χ3n) is 3.85. The van der Waals surface area contributed by atoms with E-state index in [-0.39, 0.29) is 12.5 Å². The maximum Gasteiger partial charge on any atom is 0.303 e. The van der Waals surface area contributed by atoms with Crippen molar-refractivity contribution in [1.29, 1.82) is 0 Å². The molecule has 1 aliphatic rings. The van der Waals surface area contributed by atoms with Crippen molar-refractivity contribution in [2.24, 2.45) is 0 Å². The molecule has 1 amide bonds. The first-order valence-corrected chi connectivity index (χ1v) is 7.97. The molecule has 1 aliphatic heterocycles. The fraction of sp³-hybridized carbons (Fsp3) is 0.750. The third-order valence-corrected chi connectivity index (χ3v) is 3.85. The molecule has 1 heterocycles. The van der Waals surface area contributed by atoms with Crippen molar-refractivity contribution < 1.29 is 42.9 Å². The smallest absolute Gasteiger partial charge is 0.303 e. The zero-order valence-electron chi connectivity index (χ0n) is 15.7. The number of hydrogen-bond acceptors (Lipinski definition) is 9. The van der Waals surface area contributed by atoms with Crippen molar-refractivity contribution in [1.82, 2.24) is 4.90 Å². The van der Waals surface area contributed by atoms with Crippen LogP contribution in [0, 0.1) is 0 Å². The van der Waals surface area contributed by atoms with E-state index in [2.05, 4.69) is 0 Å². The minimum absolute atomic E-state index is 0.249. The van der Waals surface area contributed by atoms with Gasteiger partial charge >= 0.3 is 17.9 Å². The Labute approximate surface area is 151 Å². The maximum atomic E-state index is 11.9. The highest BCUT2D eigenvalue weighted by Crippen LogP contribution is 2.30. The van der Waals surface area contributed by atoms with Crippen LogP contribution in [0.15, 0.2) is 0 Å². The summed E-state index contributed by atoms with van der Waals surface area (Å²) in [5, 5.41) is 0. The standard InChI is InChI=1S/C16H25NO9/c1-8(18)17(5)13-15(25-11(4)21)14(24-10(3)20)12(7-23-9(2)19)26-16(13)22-6/h12-16H,7H2,1-6H3. The number of amides is 1. The SMILES string of the molecule is COC1OC(COC(C)=O)C(OC(C)=O)C(OC(C)=O)C1N(C)C(C)=O. The van der Waals surface area contributed by atoms with Crippen LogP contribution < -0.4 is 0 Å². The molecule has 26 heavy (non-hydrogen) atoms. The van der Waals surface area contributed by atoms with E-state index in [4.69, 9.17) is 23.7 Å². The molecule has 5 atom stereocenters. The van der Waals surface area contributed by atoms with E-state index in [1.807, 2.05) is 0 Å². The highest BCUT2D eigenvalue weighted by atomic mass is 16.7. The molecule has 1 fully saturated rings. The van der Waals surface area contributed by atoms with Gasteiger partial charge in [0.15, 0.2) is 18.5 Å². The first kappa shape index (κ1) is 21.8. The average Bonchev–Trinajstić information content (AvgIpc) is 2.52. The Bertz CT molecular complexity index is 550. The number of methoxy groups -OCH3 is 1. The normalized spacial score (nSPS) is 28.0. The summed E-state index contributed by atoms with van der Waals surface area (Å²) in [6.45, 7) is 4.66. The fourth-order valence-corrected chi connectivity index (χ4v) is 2.70. The average molecular weight is 375 g/mol. The molecule has 148 valence electrons. The van der Waals surface area contributed by atoms with Gasteiger partial charge < -0.3 is 28.6 Å². The molecule has 0 aromatic rings. The zero-order chi connectivity index (χ0) is 20.0. The molecule has 0 bridgehead atoms. The van der Waals surface area contributed by atoms with Crippen LogP contribution in [-0.2, 0) is 42.9 Å². The Morgan fingerprint density at radius 2 is 1.46 bits per heavy atom. The van der Waals surface area contributed by atoms with E-state index in [0.717, 1.165) is 0 Å². The second-order valence-electron chi connectivity index (χ2n) is 5.85. The fourth-order valence-electron chi connectivity index (χ4n) is 2.70. The number of nitrogens with zero attached hydrogens (tertiary/aromatic N) is 1. The molecular weight excluding hydrogens is 350 g/mol. The van der Waals surface area contributed by atoms with Gasteiger partial charge in [0.05, 0.1) is 0 Å². The van der Waals surface area contributed by atoms with Crippen LogP contribution in [0.5, 0.6) is 0 Å². The minimum atomic E-state index is -1.10. The number of esters is 3. The van der Waals surface area contributed by atoms with Gasteiger partial charge in [-0.2, -0.15) is 0 Å². The van der Waals surface area contributed by atoms with E-state index < -0.39 is 48.6 Å². The molecule has 10 nitrogen and oxygen atoms in total. The van der Waals surface area contributed by atoms with E-state index in [1.54, 1.807) is 0 Å². The molecule has 0 aromatic carbocycles. The highest BCUT2D eigenvalue weighted by Gasteiger charge is 2.52. The lowest BCUT2D eigenvalue weighted by Crippen LogP contribution is -2.66. The van der Waals surface area contributed by atoms with Crippen molar-refractivity contribution in [3.8, 4) is 0 Å². The molecule has 0 saturated carbocycles. The number of likely N-dealkylation sites (N-methyl/N-ethyl adjacent to an activating group) is 1. The van der Waals surface area contributed by atoms with Gasteiger partial charge in [-0.1, -0.05) is 0 Å². The number of carbonyl (C=O) groups is 4. The molecule has 0 spiro atoms. The first-order chi connectivity index (χ1) is 12.1. The van der Waals surface area contributed by atoms with Crippen LogP contribution >= 0.6 is 0 Å². The van der Waals surface area contributed by atoms with Gasteiger partial charge in [0, 0.05) is 41.9 Å². The van der Waals surface area contributed by atoms with Crippen molar-refractivity contribution in [2.75, 3.05) is 20.8 Å². The lowest BCUT2D eigenvalue weighted by molar-refractivity contribution is -0.283. The molecule has 10 heteroatoms. The first-order valence-electron chi connectivity index (χ1n) is 7.97. The van der Waals surface area contributed by atoms with Gasteiger partial charge in [0.1, 0.15) is 18.8 Å². The van der Waals surface area contributed by atoms with Crippen LogP contribution in [0.25, 0.3) is 0 Å². The molecule has 0 aliphatic carbocycles. The molecule has 0 radical (unpaired) electrons. The van der Waals surface area contributed by atoms with E-state index in [0.29, 0.717) is 0 Å².